The van der Waals surface area contributed by atoms with Crippen LogP contribution < -0.4 is 0 Å². The number of ether oxygens (including phenoxy) is 1. The first kappa shape index (κ1) is 10.6. The number of rotatable bonds is 3. The normalized spacial score (nSPS) is 33.0. The van der Waals surface area contributed by atoms with Crippen molar-refractivity contribution in [2.75, 3.05) is 0 Å². The molecule has 4 heteroatoms. The van der Waals surface area contributed by atoms with Crippen molar-refractivity contribution < 1.29 is 9.57 Å². The van der Waals surface area contributed by atoms with Gasteiger partial charge in [-0.3, -0.25) is 0 Å². The lowest BCUT2D eigenvalue weighted by molar-refractivity contribution is -0.0121. The highest BCUT2D eigenvalue weighted by atomic mass is 16.7. The molecule has 3 atom stereocenters. The van der Waals surface area contributed by atoms with Crippen molar-refractivity contribution in [3.8, 4) is 0 Å². The molecule has 0 unspecified atom stereocenters. The third kappa shape index (κ3) is 3.03. The van der Waals surface area contributed by atoms with E-state index in [9.17, 15) is 0 Å². The summed E-state index contributed by atoms with van der Waals surface area (Å²) in [6.45, 7) is 5.86. The molecule has 0 spiro atoms. The largest absolute Gasteiger partial charge is 0.390 e. The van der Waals surface area contributed by atoms with Crippen molar-refractivity contribution >= 4 is 13.6 Å². The Hall–Kier alpha value is -0.505. The molecule has 0 saturated carbocycles. The fourth-order valence-electron chi connectivity index (χ4n) is 1.39. The summed E-state index contributed by atoms with van der Waals surface area (Å²) >= 11 is 0. The van der Waals surface area contributed by atoms with E-state index in [1.54, 1.807) is 0 Å². The first-order valence-corrected chi connectivity index (χ1v) is 4.71. The monoisotopic (exact) mass is 181 g/mol. The van der Waals surface area contributed by atoms with Gasteiger partial charge in [-0.05, 0) is 20.3 Å². The Morgan fingerprint density at radius 2 is 2.31 bits per heavy atom. The lowest BCUT2D eigenvalue weighted by Crippen LogP contribution is -2.21. The van der Waals surface area contributed by atoms with Gasteiger partial charge in [0.1, 0.15) is 7.85 Å². The highest BCUT2D eigenvalue weighted by molar-refractivity contribution is 6.11. The number of hydrogen-bond acceptors (Lipinski definition) is 3. The molecular formula is C9H16BNO2. The predicted molar refractivity (Wildman–Crippen MR) is 53.0 cm³/mol. The van der Waals surface area contributed by atoms with Gasteiger partial charge in [-0.25, -0.2) is 0 Å². The third-order valence-corrected chi connectivity index (χ3v) is 2.00. The van der Waals surface area contributed by atoms with Gasteiger partial charge < -0.3 is 9.57 Å². The van der Waals surface area contributed by atoms with Crippen LogP contribution in [0.25, 0.3) is 0 Å². The maximum Gasteiger partial charge on any atom is 0.155 e. The Balaban J connectivity index is 2.44. The van der Waals surface area contributed by atoms with E-state index >= 15 is 0 Å². The lowest BCUT2D eigenvalue weighted by Gasteiger charge is -2.14. The predicted octanol–water partition coefficient (Wildman–Crippen LogP) is 1.46. The summed E-state index contributed by atoms with van der Waals surface area (Å²) in [6.07, 6.45) is 1.76. The van der Waals surface area contributed by atoms with Crippen LogP contribution in [0.2, 0.25) is 0 Å². The van der Waals surface area contributed by atoms with Crippen LogP contribution in [0.4, 0.5) is 0 Å². The first-order chi connectivity index (χ1) is 6.13. The fourth-order valence-corrected chi connectivity index (χ4v) is 1.39. The molecule has 1 rings (SSSR count). The van der Waals surface area contributed by atoms with Crippen molar-refractivity contribution in [1.82, 2.24) is 0 Å². The van der Waals surface area contributed by atoms with Crippen LogP contribution in [0.15, 0.2) is 5.16 Å². The topological polar surface area (TPSA) is 30.8 Å². The molecule has 0 aromatic rings. The Kier molecular flexibility index (Phi) is 3.79. The molecule has 0 aromatic carbocycles. The molecule has 0 amide bonds. The molecule has 2 radical (unpaired) electrons. The van der Waals surface area contributed by atoms with Crippen molar-refractivity contribution in [2.45, 2.75) is 51.8 Å². The van der Waals surface area contributed by atoms with Gasteiger partial charge >= 0.3 is 0 Å². The fraction of sp³-hybridized carbons (Fsp3) is 0.889. The van der Waals surface area contributed by atoms with Gasteiger partial charge in [0.2, 0.25) is 0 Å². The van der Waals surface area contributed by atoms with Crippen LogP contribution in [0.1, 0.15) is 33.6 Å². The second kappa shape index (κ2) is 4.65. The molecule has 0 aromatic heterocycles. The van der Waals surface area contributed by atoms with Gasteiger partial charge in [-0.2, -0.15) is 0 Å². The summed E-state index contributed by atoms with van der Waals surface area (Å²) in [7, 11) is 5.65. The molecule has 1 aliphatic heterocycles. The summed E-state index contributed by atoms with van der Waals surface area (Å²) in [5, 5.41) is 3.92. The molecule has 1 fully saturated rings. The van der Waals surface area contributed by atoms with Crippen molar-refractivity contribution in [2.24, 2.45) is 5.16 Å². The van der Waals surface area contributed by atoms with E-state index in [1.807, 2.05) is 13.8 Å². The highest BCUT2D eigenvalue weighted by Gasteiger charge is 2.33. The van der Waals surface area contributed by atoms with Crippen LogP contribution in [0, 0.1) is 0 Å². The van der Waals surface area contributed by atoms with Crippen molar-refractivity contribution in [3.05, 3.63) is 0 Å². The minimum Gasteiger partial charge on any atom is -0.390 e. The SMILES string of the molecule is [B][C@H]1C[C@@H](ON=C(C)C)[C@@H](CC)O1. The highest BCUT2D eigenvalue weighted by Crippen LogP contribution is 2.23. The molecule has 1 aliphatic rings. The molecule has 1 saturated heterocycles. The van der Waals surface area contributed by atoms with Crippen LogP contribution in [-0.4, -0.2) is 31.8 Å². The quantitative estimate of drug-likeness (QED) is 0.375. The molecule has 0 bridgehead atoms. The third-order valence-electron chi connectivity index (χ3n) is 2.00. The Labute approximate surface area is 80.9 Å². The Bertz CT molecular complexity index is 192. The Morgan fingerprint density at radius 1 is 1.62 bits per heavy atom. The van der Waals surface area contributed by atoms with Gasteiger partial charge in [0.25, 0.3) is 0 Å². The van der Waals surface area contributed by atoms with E-state index in [-0.39, 0.29) is 18.2 Å². The first-order valence-electron chi connectivity index (χ1n) is 4.71. The van der Waals surface area contributed by atoms with Crippen LogP contribution in [0.5, 0.6) is 0 Å². The maximum absolute atomic E-state index is 5.65. The number of hydrogen-bond donors (Lipinski definition) is 0. The van der Waals surface area contributed by atoms with Crippen LogP contribution in [-0.2, 0) is 9.57 Å². The van der Waals surface area contributed by atoms with E-state index in [1.165, 1.54) is 0 Å². The van der Waals surface area contributed by atoms with E-state index in [0.717, 1.165) is 18.6 Å². The molecular weight excluding hydrogens is 165 g/mol. The Morgan fingerprint density at radius 3 is 2.85 bits per heavy atom. The standard InChI is InChI=1S/C9H16BNO2/c1-4-7-8(5-9(10)12-7)13-11-6(2)3/h7-9H,4-5H2,1-3H3/t7-,8-,9-/m1/s1. The number of oxime groups is 1. The summed E-state index contributed by atoms with van der Waals surface area (Å²) in [4.78, 5) is 5.32. The second-order valence-corrected chi connectivity index (χ2v) is 3.54. The summed E-state index contributed by atoms with van der Waals surface area (Å²) in [5.41, 5.74) is 0.912. The zero-order valence-electron chi connectivity index (χ0n) is 8.49. The smallest absolute Gasteiger partial charge is 0.155 e. The summed E-state index contributed by atoms with van der Waals surface area (Å²) in [5.74, 6) is 0. The maximum atomic E-state index is 5.65. The summed E-state index contributed by atoms with van der Waals surface area (Å²) in [6, 6.07) is -0.192. The van der Waals surface area contributed by atoms with Gasteiger partial charge in [-0.1, -0.05) is 12.1 Å². The van der Waals surface area contributed by atoms with E-state index < -0.39 is 0 Å². The molecule has 0 N–H and O–H groups in total. The molecule has 13 heavy (non-hydrogen) atoms. The van der Waals surface area contributed by atoms with Crippen LogP contribution >= 0.6 is 0 Å². The average Bonchev–Trinajstić information content (AvgIpc) is 2.42. The van der Waals surface area contributed by atoms with E-state index in [4.69, 9.17) is 17.4 Å². The molecule has 1 heterocycles. The van der Waals surface area contributed by atoms with Gasteiger partial charge in [0.15, 0.2) is 6.10 Å². The van der Waals surface area contributed by atoms with Crippen LogP contribution in [0.3, 0.4) is 0 Å². The molecule has 3 nitrogen and oxygen atoms in total. The molecule has 0 aliphatic carbocycles. The van der Waals surface area contributed by atoms with Gasteiger partial charge in [0, 0.05) is 12.4 Å². The minimum absolute atomic E-state index is 0.0231. The number of nitrogens with zero attached hydrogens (tertiary/aromatic N) is 1. The van der Waals surface area contributed by atoms with Crippen molar-refractivity contribution in [3.63, 3.8) is 0 Å². The van der Waals surface area contributed by atoms with E-state index in [2.05, 4.69) is 12.1 Å². The van der Waals surface area contributed by atoms with E-state index in [0.29, 0.717) is 0 Å². The molecule has 72 valence electrons. The minimum atomic E-state index is -0.192. The zero-order chi connectivity index (χ0) is 9.84. The lowest BCUT2D eigenvalue weighted by atomic mass is 9.96. The zero-order valence-corrected chi connectivity index (χ0v) is 8.49. The second-order valence-electron chi connectivity index (χ2n) is 3.54. The average molecular weight is 181 g/mol. The van der Waals surface area contributed by atoms with Gasteiger partial charge in [-0.15, -0.1) is 0 Å². The van der Waals surface area contributed by atoms with Gasteiger partial charge in [0.05, 0.1) is 11.8 Å². The van der Waals surface area contributed by atoms with Crippen molar-refractivity contribution in [1.29, 1.82) is 0 Å². The summed E-state index contributed by atoms with van der Waals surface area (Å²) < 4.78 is 5.44.